The predicted octanol–water partition coefficient (Wildman–Crippen LogP) is 2.29. The molecule has 1 heterocycles. The van der Waals surface area contributed by atoms with Crippen molar-refractivity contribution < 1.29 is 0 Å². The van der Waals surface area contributed by atoms with Gasteiger partial charge in [0.25, 0.3) is 0 Å². The molecule has 76 valence electrons. The zero-order valence-corrected chi connectivity index (χ0v) is 8.50. The molecule has 0 radical (unpaired) electrons. The van der Waals surface area contributed by atoms with Gasteiger partial charge in [-0.05, 0) is 36.3 Å². The van der Waals surface area contributed by atoms with Gasteiger partial charge in [-0.1, -0.05) is 12.8 Å². The summed E-state index contributed by atoms with van der Waals surface area (Å²) in [4.78, 5) is 3.10. The van der Waals surface area contributed by atoms with E-state index in [2.05, 4.69) is 22.6 Å². The Morgan fingerprint density at radius 1 is 1.29 bits per heavy atom. The van der Waals surface area contributed by atoms with E-state index in [9.17, 15) is 0 Å². The highest BCUT2D eigenvalue weighted by atomic mass is 15.0. The third kappa shape index (κ3) is 1.48. The number of aromatic amines is 1. The highest BCUT2D eigenvalue weighted by Crippen LogP contribution is 2.49. The number of hydrogen-bond donors (Lipinski definition) is 2. The summed E-state index contributed by atoms with van der Waals surface area (Å²) >= 11 is 0. The van der Waals surface area contributed by atoms with Gasteiger partial charge < -0.3 is 10.3 Å². The lowest BCUT2D eigenvalue weighted by molar-refractivity contribution is 0.480. The Bertz CT molecular complexity index is 279. The van der Waals surface area contributed by atoms with Gasteiger partial charge in [-0.15, -0.1) is 0 Å². The van der Waals surface area contributed by atoms with Crippen molar-refractivity contribution in [3.8, 4) is 0 Å². The Labute approximate surface area is 85.1 Å². The smallest absolute Gasteiger partial charge is 0.0223 e. The van der Waals surface area contributed by atoms with Crippen LogP contribution in [0, 0.1) is 11.8 Å². The van der Waals surface area contributed by atoms with Gasteiger partial charge in [0.15, 0.2) is 0 Å². The summed E-state index contributed by atoms with van der Waals surface area (Å²) in [6.07, 6.45) is 9.94. The Morgan fingerprint density at radius 3 is 2.71 bits per heavy atom. The van der Waals surface area contributed by atoms with E-state index in [1.165, 1.54) is 31.2 Å². The first kappa shape index (κ1) is 8.54. The molecule has 0 aliphatic heterocycles. The molecule has 14 heavy (non-hydrogen) atoms. The molecule has 3 rings (SSSR count). The van der Waals surface area contributed by atoms with Crippen LogP contribution in [0.1, 0.15) is 31.2 Å². The standard InChI is InChI=1S/C12H18N2/c1-2-4-11-10(3-1)12(11)14-8-9-5-6-13-7-9/h5-7,10-14H,1-4,8H2. The predicted molar refractivity (Wildman–Crippen MR) is 56.9 cm³/mol. The van der Waals surface area contributed by atoms with Crippen LogP contribution >= 0.6 is 0 Å². The Balaban J connectivity index is 1.50. The minimum Gasteiger partial charge on any atom is -0.367 e. The molecule has 1 aromatic rings. The van der Waals surface area contributed by atoms with E-state index in [0.29, 0.717) is 0 Å². The maximum atomic E-state index is 3.68. The molecule has 2 unspecified atom stereocenters. The maximum absolute atomic E-state index is 3.68. The van der Waals surface area contributed by atoms with E-state index < -0.39 is 0 Å². The van der Waals surface area contributed by atoms with E-state index in [0.717, 1.165) is 24.4 Å². The molecule has 2 saturated carbocycles. The Kier molecular flexibility index (Phi) is 2.09. The first-order valence-electron chi connectivity index (χ1n) is 5.80. The van der Waals surface area contributed by atoms with E-state index >= 15 is 0 Å². The molecule has 0 bridgehead atoms. The van der Waals surface area contributed by atoms with Gasteiger partial charge in [0.05, 0.1) is 0 Å². The van der Waals surface area contributed by atoms with Crippen molar-refractivity contribution >= 4 is 0 Å². The lowest BCUT2D eigenvalue weighted by Gasteiger charge is -2.04. The third-order valence-electron chi connectivity index (χ3n) is 3.86. The number of hydrogen-bond acceptors (Lipinski definition) is 1. The molecule has 0 saturated heterocycles. The molecular weight excluding hydrogens is 172 g/mol. The SMILES string of the molecule is c1cc(CNC2C3CCCCC32)c[nH]1. The molecule has 2 aliphatic rings. The summed E-state index contributed by atoms with van der Waals surface area (Å²) in [7, 11) is 0. The van der Waals surface area contributed by atoms with Gasteiger partial charge in [0, 0.05) is 25.0 Å². The molecule has 2 heteroatoms. The lowest BCUT2D eigenvalue weighted by Crippen LogP contribution is -2.18. The van der Waals surface area contributed by atoms with E-state index in [4.69, 9.17) is 0 Å². The first-order chi connectivity index (χ1) is 6.95. The van der Waals surface area contributed by atoms with Crippen molar-refractivity contribution in [1.82, 2.24) is 10.3 Å². The third-order valence-corrected chi connectivity index (χ3v) is 3.86. The zero-order chi connectivity index (χ0) is 9.38. The molecule has 2 aliphatic carbocycles. The van der Waals surface area contributed by atoms with Crippen LogP contribution in [0.3, 0.4) is 0 Å². The largest absolute Gasteiger partial charge is 0.367 e. The quantitative estimate of drug-likeness (QED) is 0.752. The summed E-state index contributed by atoms with van der Waals surface area (Å²) in [5, 5.41) is 3.68. The molecule has 2 N–H and O–H groups in total. The highest BCUT2D eigenvalue weighted by Gasteiger charge is 2.49. The number of nitrogens with one attached hydrogen (secondary N) is 2. The monoisotopic (exact) mass is 190 g/mol. The van der Waals surface area contributed by atoms with Crippen LogP contribution in [-0.2, 0) is 6.54 Å². The van der Waals surface area contributed by atoms with Gasteiger partial charge in [-0.2, -0.15) is 0 Å². The average Bonchev–Trinajstić information content (AvgIpc) is 2.69. The average molecular weight is 190 g/mol. The fourth-order valence-corrected chi connectivity index (χ4v) is 3.00. The van der Waals surface area contributed by atoms with Gasteiger partial charge >= 0.3 is 0 Å². The molecule has 2 atom stereocenters. The topological polar surface area (TPSA) is 27.8 Å². The van der Waals surface area contributed by atoms with Gasteiger partial charge in [-0.25, -0.2) is 0 Å². The van der Waals surface area contributed by atoms with Crippen LogP contribution in [0.2, 0.25) is 0 Å². The summed E-state index contributed by atoms with van der Waals surface area (Å²) in [5.41, 5.74) is 1.38. The second kappa shape index (κ2) is 3.43. The first-order valence-corrected chi connectivity index (χ1v) is 5.80. The summed E-state index contributed by atoms with van der Waals surface area (Å²) in [6, 6.07) is 2.99. The number of fused-ring (bicyclic) bond motifs is 1. The fraction of sp³-hybridized carbons (Fsp3) is 0.667. The van der Waals surface area contributed by atoms with Crippen LogP contribution < -0.4 is 5.32 Å². The summed E-state index contributed by atoms with van der Waals surface area (Å²) in [6.45, 7) is 1.04. The summed E-state index contributed by atoms with van der Waals surface area (Å²) < 4.78 is 0. The van der Waals surface area contributed by atoms with Crippen LogP contribution in [0.5, 0.6) is 0 Å². The molecular formula is C12H18N2. The molecule has 0 spiro atoms. The summed E-state index contributed by atoms with van der Waals surface area (Å²) in [5.74, 6) is 2.03. The fourth-order valence-electron chi connectivity index (χ4n) is 3.00. The Hall–Kier alpha value is -0.760. The second-order valence-electron chi connectivity index (χ2n) is 4.74. The van der Waals surface area contributed by atoms with Crippen LogP contribution in [0.4, 0.5) is 0 Å². The highest BCUT2D eigenvalue weighted by molar-refractivity contribution is 5.11. The minimum absolute atomic E-state index is 0.840. The van der Waals surface area contributed by atoms with E-state index in [1.807, 2.05) is 6.20 Å². The van der Waals surface area contributed by atoms with Crippen molar-refractivity contribution in [3.05, 3.63) is 24.0 Å². The van der Waals surface area contributed by atoms with Crippen LogP contribution in [0.25, 0.3) is 0 Å². The number of aromatic nitrogens is 1. The number of H-pyrrole nitrogens is 1. The van der Waals surface area contributed by atoms with Crippen molar-refractivity contribution in [2.75, 3.05) is 0 Å². The maximum Gasteiger partial charge on any atom is 0.0223 e. The van der Waals surface area contributed by atoms with Crippen molar-refractivity contribution in [2.45, 2.75) is 38.3 Å². The second-order valence-corrected chi connectivity index (χ2v) is 4.74. The molecule has 0 aromatic carbocycles. The Morgan fingerprint density at radius 2 is 2.07 bits per heavy atom. The van der Waals surface area contributed by atoms with Gasteiger partial charge in [-0.3, -0.25) is 0 Å². The molecule has 2 nitrogen and oxygen atoms in total. The van der Waals surface area contributed by atoms with Crippen LogP contribution in [-0.4, -0.2) is 11.0 Å². The lowest BCUT2D eigenvalue weighted by atomic mass is 10.0. The van der Waals surface area contributed by atoms with Crippen LogP contribution in [0.15, 0.2) is 18.5 Å². The van der Waals surface area contributed by atoms with Gasteiger partial charge in [0.2, 0.25) is 0 Å². The molecule has 1 aromatic heterocycles. The minimum atomic E-state index is 0.840. The van der Waals surface area contributed by atoms with Crippen molar-refractivity contribution in [1.29, 1.82) is 0 Å². The normalized spacial score (nSPS) is 35.3. The molecule has 2 fully saturated rings. The van der Waals surface area contributed by atoms with Crippen molar-refractivity contribution in [2.24, 2.45) is 11.8 Å². The van der Waals surface area contributed by atoms with Gasteiger partial charge in [0.1, 0.15) is 0 Å². The number of rotatable bonds is 3. The van der Waals surface area contributed by atoms with E-state index in [-0.39, 0.29) is 0 Å². The zero-order valence-electron chi connectivity index (χ0n) is 8.50. The van der Waals surface area contributed by atoms with Crippen molar-refractivity contribution in [3.63, 3.8) is 0 Å². The molecule has 0 amide bonds. The van der Waals surface area contributed by atoms with E-state index in [1.54, 1.807) is 0 Å².